The number of nitrogens with zero attached hydrogens (tertiary/aromatic N) is 4. The molecule has 4 rings (SSSR count). The third-order valence-corrected chi connectivity index (χ3v) is 5.27. The zero-order valence-electron chi connectivity index (χ0n) is 16.7. The molecule has 2 aromatic carbocycles. The highest BCUT2D eigenvalue weighted by molar-refractivity contribution is 7.99. The molecule has 4 aromatic rings. The van der Waals surface area contributed by atoms with Crippen LogP contribution in [0.3, 0.4) is 0 Å². The molecule has 0 fully saturated rings. The highest BCUT2D eigenvalue weighted by Crippen LogP contribution is 2.25. The Morgan fingerprint density at radius 2 is 1.76 bits per heavy atom. The van der Waals surface area contributed by atoms with Crippen LogP contribution < -0.4 is 5.32 Å². The normalized spacial score (nSPS) is 11.8. The van der Waals surface area contributed by atoms with Gasteiger partial charge in [0.2, 0.25) is 5.91 Å². The number of carbonyl (C=O) groups is 1. The minimum Gasteiger partial charge on any atom is -0.351 e. The van der Waals surface area contributed by atoms with Crippen molar-refractivity contribution in [3.05, 3.63) is 66.0 Å². The second-order valence-corrected chi connectivity index (χ2v) is 8.88. The van der Waals surface area contributed by atoms with Gasteiger partial charge in [-0.05, 0) is 38.5 Å². The van der Waals surface area contributed by atoms with E-state index >= 15 is 0 Å². The van der Waals surface area contributed by atoms with Gasteiger partial charge in [-0.25, -0.2) is 4.98 Å². The summed E-state index contributed by atoms with van der Waals surface area (Å²) in [5.41, 5.74) is 2.55. The Balaban J connectivity index is 1.73. The van der Waals surface area contributed by atoms with Crippen molar-refractivity contribution in [2.24, 2.45) is 0 Å². The zero-order chi connectivity index (χ0) is 20.4. The van der Waals surface area contributed by atoms with Crippen LogP contribution in [0.2, 0.25) is 0 Å². The number of rotatable bonds is 5. The van der Waals surface area contributed by atoms with Crippen LogP contribution in [0, 0.1) is 0 Å². The van der Waals surface area contributed by atoms with Gasteiger partial charge in [-0.2, -0.15) is 0 Å². The highest BCUT2D eigenvalue weighted by atomic mass is 32.2. The molecule has 0 saturated heterocycles. The molecule has 0 atom stereocenters. The summed E-state index contributed by atoms with van der Waals surface area (Å²) < 4.78 is 1.98. The van der Waals surface area contributed by atoms with Gasteiger partial charge >= 0.3 is 0 Å². The summed E-state index contributed by atoms with van der Waals surface area (Å²) in [6.45, 7) is 5.90. The average Bonchev–Trinajstić information content (AvgIpc) is 3.11. The van der Waals surface area contributed by atoms with Gasteiger partial charge in [0.25, 0.3) is 0 Å². The quantitative estimate of drug-likeness (QED) is 0.510. The Morgan fingerprint density at radius 3 is 2.52 bits per heavy atom. The Morgan fingerprint density at radius 1 is 1.03 bits per heavy atom. The number of hydrogen-bond donors (Lipinski definition) is 1. The predicted molar refractivity (Wildman–Crippen MR) is 116 cm³/mol. The molecule has 29 heavy (non-hydrogen) atoms. The highest BCUT2D eigenvalue weighted by Gasteiger charge is 2.18. The van der Waals surface area contributed by atoms with Crippen molar-refractivity contribution in [2.75, 3.05) is 5.75 Å². The first kappa shape index (κ1) is 19.4. The van der Waals surface area contributed by atoms with E-state index in [4.69, 9.17) is 4.98 Å². The Hall–Kier alpha value is -2.93. The fourth-order valence-corrected chi connectivity index (χ4v) is 3.95. The van der Waals surface area contributed by atoms with Gasteiger partial charge in [0.1, 0.15) is 5.82 Å². The van der Waals surface area contributed by atoms with Crippen LogP contribution in [0.15, 0.2) is 59.8 Å². The van der Waals surface area contributed by atoms with E-state index in [1.165, 1.54) is 11.8 Å². The predicted octanol–water partition coefficient (Wildman–Crippen LogP) is 3.88. The van der Waals surface area contributed by atoms with E-state index < -0.39 is 0 Å². The summed E-state index contributed by atoms with van der Waals surface area (Å²) >= 11 is 1.38. The van der Waals surface area contributed by atoms with Gasteiger partial charge < -0.3 is 5.32 Å². The maximum atomic E-state index is 12.3. The largest absolute Gasteiger partial charge is 0.351 e. The molecule has 148 valence electrons. The van der Waals surface area contributed by atoms with Crippen LogP contribution >= 0.6 is 11.8 Å². The van der Waals surface area contributed by atoms with E-state index in [1.54, 1.807) is 0 Å². The first-order valence-electron chi connectivity index (χ1n) is 9.51. The summed E-state index contributed by atoms with van der Waals surface area (Å²) in [5, 5.41) is 13.4. The molecule has 0 bridgehead atoms. The first-order chi connectivity index (χ1) is 13.9. The fourth-order valence-electron chi connectivity index (χ4n) is 3.20. The van der Waals surface area contributed by atoms with E-state index in [-0.39, 0.29) is 17.2 Å². The maximum absolute atomic E-state index is 12.3. The topological polar surface area (TPSA) is 72.2 Å². The molecular weight excluding hydrogens is 382 g/mol. The minimum absolute atomic E-state index is 0.0300. The van der Waals surface area contributed by atoms with Gasteiger partial charge in [-0.1, -0.05) is 54.2 Å². The van der Waals surface area contributed by atoms with Crippen molar-refractivity contribution < 1.29 is 4.79 Å². The van der Waals surface area contributed by atoms with Gasteiger partial charge in [-0.15, -0.1) is 10.2 Å². The number of aromatic nitrogens is 4. The number of benzene rings is 2. The van der Waals surface area contributed by atoms with Crippen LogP contribution in [-0.2, 0) is 11.2 Å². The molecule has 6 nitrogen and oxygen atoms in total. The number of nitrogens with one attached hydrogen (secondary N) is 1. The lowest BCUT2D eigenvalue weighted by molar-refractivity contribution is -0.119. The third-order valence-electron chi connectivity index (χ3n) is 4.34. The van der Waals surface area contributed by atoms with E-state index in [9.17, 15) is 4.79 Å². The molecule has 7 heteroatoms. The molecule has 0 spiro atoms. The minimum atomic E-state index is -0.263. The van der Waals surface area contributed by atoms with E-state index in [2.05, 4.69) is 27.6 Å². The summed E-state index contributed by atoms with van der Waals surface area (Å²) in [5.74, 6) is 1.10. The van der Waals surface area contributed by atoms with Crippen molar-refractivity contribution >= 4 is 34.2 Å². The summed E-state index contributed by atoms with van der Waals surface area (Å²) in [7, 11) is 0. The lowest BCUT2D eigenvalue weighted by atomic mass is 10.1. The van der Waals surface area contributed by atoms with Crippen molar-refractivity contribution in [1.82, 2.24) is 24.9 Å². The summed E-state index contributed by atoms with van der Waals surface area (Å²) in [6, 6.07) is 18.1. The second-order valence-electron chi connectivity index (χ2n) is 7.94. The van der Waals surface area contributed by atoms with E-state index in [0.29, 0.717) is 11.6 Å². The smallest absolute Gasteiger partial charge is 0.230 e. The number of hydrogen-bond acceptors (Lipinski definition) is 5. The van der Waals surface area contributed by atoms with Crippen LogP contribution in [0.1, 0.15) is 32.2 Å². The monoisotopic (exact) mass is 405 g/mol. The Kier molecular flexibility index (Phi) is 5.24. The number of carbonyl (C=O) groups excluding carboxylic acids is 1. The van der Waals surface area contributed by atoms with Crippen molar-refractivity contribution in [2.45, 2.75) is 37.9 Å². The van der Waals surface area contributed by atoms with E-state index in [0.717, 1.165) is 27.9 Å². The Bertz CT molecular complexity index is 1160. The van der Waals surface area contributed by atoms with Crippen molar-refractivity contribution in [1.29, 1.82) is 0 Å². The van der Waals surface area contributed by atoms with Gasteiger partial charge in [-0.3, -0.25) is 9.20 Å². The standard InChI is InChI=1S/C22H23N5OS/c1-22(2,3)24-19(28)14-29-21-26-25-20-16-11-7-8-12-17(16)23-18(27(20)21)13-15-9-5-4-6-10-15/h4-12H,13-14H2,1-3H3,(H,24,28). The number of amides is 1. The second kappa shape index (κ2) is 7.83. The average molecular weight is 406 g/mol. The summed E-state index contributed by atoms with van der Waals surface area (Å²) in [4.78, 5) is 17.2. The number of para-hydroxylation sites is 1. The molecule has 0 aliphatic rings. The van der Waals surface area contributed by atoms with Gasteiger partial charge in [0.15, 0.2) is 10.8 Å². The van der Waals surface area contributed by atoms with Gasteiger partial charge in [0, 0.05) is 17.3 Å². The lowest BCUT2D eigenvalue weighted by Gasteiger charge is -2.20. The molecule has 0 aliphatic heterocycles. The molecule has 1 amide bonds. The number of thioether (sulfide) groups is 1. The lowest BCUT2D eigenvalue weighted by Crippen LogP contribution is -2.41. The molecule has 1 N–H and O–H groups in total. The van der Waals surface area contributed by atoms with Crippen LogP contribution in [0.25, 0.3) is 16.6 Å². The third kappa shape index (κ3) is 4.40. The Labute approximate surface area is 173 Å². The number of fused-ring (bicyclic) bond motifs is 3. The first-order valence-corrected chi connectivity index (χ1v) is 10.5. The fraction of sp³-hybridized carbons (Fsp3) is 0.273. The molecule has 2 aromatic heterocycles. The maximum Gasteiger partial charge on any atom is 0.230 e. The van der Waals surface area contributed by atoms with Crippen LogP contribution in [0.4, 0.5) is 0 Å². The zero-order valence-corrected chi connectivity index (χ0v) is 17.5. The molecule has 0 unspecified atom stereocenters. The van der Waals surface area contributed by atoms with Crippen LogP contribution in [0.5, 0.6) is 0 Å². The molecule has 0 aliphatic carbocycles. The van der Waals surface area contributed by atoms with Crippen molar-refractivity contribution in [3.63, 3.8) is 0 Å². The molecule has 2 heterocycles. The van der Waals surface area contributed by atoms with Crippen molar-refractivity contribution in [3.8, 4) is 0 Å². The van der Waals surface area contributed by atoms with Crippen LogP contribution in [-0.4, -0.2) is 36.8 Å². The summed E-state index contributed by atoms with van der Waals surface area (Å²) in [6.07, 6.45) is 0.655. The molecular formula is C22H23N5OS. The molecule has 0 radical (unpaired) electrons. The molecule has 0 saturated carbocycles. The van der Waals surface area contributed by atoms with E-state index in [1.807, 2.05) is 67.6 Å². The SMILES string of the molecule is CC(C)(C)NC(=O)CSc1nnc2c3ccccc3nc(Cc3ccccc3)n12. The van der Waals surface area contributed by atoms with Gasteiger partial charge in [0.05, 0.1) is 11.3 Å².